The minimum atomic E-state index is -0.122. The minimum Gasteiger partial charge on any atom is -0.463 e. The summed E-state index contributed by atoms with van der Waals surface area (Å²) in [6, 6.07) is 0. The van der Waals surface area contributed by atoms with Crippen LogP contribution in [0.5, 0.6) is 0 Å². The van der Waals surface area contributed by atoms with Crippen LogP contribution >= 0.6 is 0 Å². The molecule has 0 amide bonds. The van der Waals surface area contributed by atoms with Gasteiger partial charge in [-0.15, -0.1) is 0 Å². The fraction of sp³-hybridized carbons (Fsp3) is 0.947. The molecule has 0 aromatic heterocycles. The molecule has 1 unspecified atom stereocenters. The third-order valence-electron chi connectivity index (χ3n) is 3.52. The molecule has 1 atom stereocenters. The average molecular weight is 347 g/mol. The van der Waals surface area contributed by atoms with Gasteiger partial charge >= 0.3 is 5.97 Å². The predicted octanol–water partition coefficient (Wildman–Crippen LogP) is 4.13. The largest absolute Gasteiger partial charge is 0.463 e. The highest BCUT2D eigenvalue weighted by Crippen LogP contribution is 2.09. The fourth-order valence-electron chi connectivity index (χ4n) is 2.18. The molecule has 5 heteroatoms. The zero-order chi connectivity index (χ0) is 18.0. The Balaban J connectivity index is 3.30. The van der Waals surface area contributed by atoms with Crippen molar-refractivity contribution in [3.8, 4) is 0 Å². The molecular weight excluding hydrogens is 308 g/mol. The molecule has 0 heterocycles. The molecule has 0 aromatic rings. The van der Waals surface area contributed by atoms with E-state index in [4.69, 9.17) is 18.9 Å². The number of rotatable bonds is 17. The molecule has 0 radical (unpaired) electrons. The van der Waals surface area contributed by atoms with Gasteiger partial charge in [-0.05, 0) is 40.0 Å². The van der Waals surface area contributed by atoms with Crippen molar-refractivity contribution in [2.24, 2.45) is 0 Å². The maximum Gasteiger partial charge on any atom is 0.306 e. The second kappa shape index (κ2) is 17.2. The topological polar surface area (TPSA) is 54.0 Å². The number of carbonyl (C=O) groups excluding carboxylic acids is 1. The molecule has 0 saturated carbocycles. The van der Waals surface area contributed by atoms with Crippen LogP contribution in [0.25, 0.3) is 0 Å². The molecule has 0 aromatic carbocycles. The summed E-state index contributed by atoms with van der Waals surface area (Å²) < 4.78 is 21.6. The van der Waals surface area contributed by atoms with Gasteiger partial charge in [0.1, 0.15) is 0 Å². The number of esters is 1. The quantitative estimate of drug-likeness (QED) is 0.293. The van der Waals surface area contributed by atoms with Crippen molar-refractivity contribution in [2.45, 2.75) is 84.8 Å². The Kier molecular flexibility index (Phi) is 16.7. The third-order valence-corrected chi connectivity index (χ3v) is 3.52. The van der Waals surface area contributed by atoms with E-state index >= 15 is 0 Å². The average Bonchev–Trinajstić information content (AvgIpc) is 2.53. The van der Waals surface area contributed by atoms with E-state index < -0.39 is 0 Å². The van der Waals surface area contributed by atoms with Gasteiger partial charge in [0.05, 0.1) is 38.6 Å². The monoisotopic (exact) mass is 346 g/mol. The van der Waals surface area contributed by atoms with Gasteiger partial charge in [-0.25, -0.2) is 0 Å². The van der Waals surface area contributed by atoms with Crippen LogP contribution in [0, 0.1) is 0 Å². The van der Waals surface area contributed by atoms with E-state index in [2.05, 4.69) is 6.92 Å². The van der Waals surface area contributed by atoms with E-state index in [0.717, 1.165) is 12.8 Å². The van der Waals surface area contributed by atoms with Crippen LogP contribution < -0.4 is 0 Å². The first-order chi connectivity index (χ1) is 11.6. The molecule has 0 aliphatic carbocycles. The maximum absolute atomic E-state index is 11.7. The number of hydrogen-bond donors (Lipinski definition) is 0. The Morgan fingerprint density at radius 2 is 1.50 bits per heavy atom. The van der Waals surface area contributed by atoms with Crippen molar-refractivity contribution in [3.63, 3.8) is 0 Å². The molecule has 144 valence electrons. The maximum atomic E-state index is 11.7. The van der Waals surface area contributed by atoms with Gasteiger partial charge in [0.2, 0.25) is 0 Å². The highest BCUT2D eigenvalue weighted by molar-refractivity contribution is 5.69. The van der Waals surface area contributed by atoms with Crippen molar-refractivity contribution in [1.82, 2.24) is 0 Å². The summed E-state index contributed by atoms with van der Waals surface area (Å²) in [6.45, 7) is 11.0. The van der Waals surface area contributed by atoms with E-state index in [1.807, 2.05) is 20.8 Å². The highest BCUT2D eigenvalue weighted by Gasteiger charge is 2.09. The van der Waals surface area contributed by atoms with Crippen molar-refractivity contribution in [1.29, 1.82) is 0 Å². The van der Waals surface area contributed by atoms with Gasteiger partial charge in [0, 0.05) is 13.0 Å². The van der Waals surface area contributed by atoms with E-state index in [0.29, 0.717) is 45.9 Å². The summed E-state index contributed by atoms with van der Waals surface area (Å²) in [4.78, 5) is 11.7. The Bertz CT molecular complexity index is 281. The van der Waals surface area contributed by atoms with Crippen molar-refractivity contribution in [2.75, 3.05) is 33.0 Å². The summed E-state index contributed by atoms with van der Waals surface area (Å²) in [6.07, 6.45) is 7.17. The first kappa shape index (κ1) is 23.4. The third kappa shape index (κ3) is 17.7. The summed E-state index contributed by atoms with van der Waals surface area (Å²) in [5.41, 5.74) is 0. The van der Waals surface area contributed by atoms with E-state index in [1.54, 1.807) is 0 Å². The van der Waals surface area contributed by atoms with Crippen molar-refractivity contribution in [3.05, 3.63) is 0 Å². The molecule has 5 nitrogen and oxygen atoms in total. The van der Waals surface area contributed by atoms with Crippen molar-refractivity contribution < 1.29 is 23.7 Å². The van der Waals surface area contributed by atoms with Crippen LogP contribution in [0.1, 0.15) is 72.6 Å². The van der Waals surface area contributed by atoms with Gasteiger partial charge in [-0.3, -0.25) is 4.79 Å². The molecule has 0 rings (SSSR count). The number of hydrogen-bond acceptors (Lipinski definition) is 5. The highest BCUT2D eigenvalue weighted by atomic mass is 16.5. The van der Waals surface area contributed by atoms with Crippen LogP contribution in [-0.2, 0) is 23.7 Å². The SMILES string of the molecule is CCCCCCC(C)OC(=O)CCCOCCOCCOC(C)C. The predicted molar refractivity (Wildman–Crippen MR) is 96.3 cm³/mol. The lowest BCUT2D eigenvalue weighted by Gasteiger charge is -2.13. The normalized spacial score (nSPS) is 12.5. The number of carbonyl (C=O) groups is 1. The summed E-state index contributed by atoms with van der Waals surface area (Å²) in [5.74, 6) is -0.122. The van der Waals surface area contributed by atoms with E-state index in [1.165, 1.54) is 19.3 Å². The molecular formula is C19H38O5. The van der Waals surface area contributed by atoms with Crippen molar-refractivity contribution >= 4 is 5.97 Å². The summed E-state index contributed by atoms with van der Waals surface area (Å²) in [7, 11) is 0. The molecule has 0 N–H and O–H groups in total. The van der Waals surface area contributed by atoms with Gasteiger partial charge in [-0.2, -0.15) is 0 Å². The Morgan fingerprint density at radius 3 is 2.17 bits per heavy atom. The lowest BCUT2D eigenvalue weighted by Crippen LogP contribution is -2.15. The summed E-state index contributed by atoms with van der Waals surface area (Å²) in [5, 5.41) is 0. The summed E-state index contributed by atoms with van der Waals surface area (Å²) >= 11 is 0. The molecule has 0 saturated heterocycles. The van der Waals surface area contributed by atoms with Gasteiger partial charge in [0.15, 0.2) is 0 Å². The first-order valence-electron chi connectivity index (χ1n) is 9.52. The second-order valence-corrected chi connectivity index (χ2v) is 6.40. The van der Waals surface area contributed by atoms with Gasteiger partial charge < -0.3 is 18.9 Å². The van der Waals surface area contributed by atoms with Gasteiger partial charge in [0.25, 0.3) is 0 Å². The molecule has 0 bridgehead atoms. The van der Waals surface area contributed by atoms with Crippen LogP contribution in [0.2, 0.25) is 0 Å². The second-order valence-electron chi connectivity index (χ2n) is 6.40. The van der Waals surface area contributed by atoms with Crippen LogP contribution in [0.4, 0.5) is 0 Å². The number of ether oxygens (including phenoxy) is 4. The molecule has 0 spiro atoms. The molecule has 0 aliphatic rings. The van der Waals surface area contributed by atoms with Crippen LogP contribution in [0.3, 0.4) is 0 Å². The number of unbranched alkanes of at least 4 members (excludes halogenated alkanes) is 3. The lowest BCUT2D eigenvalue weighted by atomic mass is 10.1. The smallest absolute Gasteiger partial charge is 0.306 e. The fourth-order valence-corrected chi connectivity index (χ4v) is 2.18. The standard InChI is InChI=1S/C19H38O5/c1-5-6-7-8-10-18(4)24-19(20)11-9-12-21-13-14-22-15-16-23-17(2)3/h17-18H,5-16H2,1-4H3. The Hall–Kier alpha value is -0.650. The van der Waals surface area contributed by atoms with Crippen LogP contribution in [0.15, 0.2) is 0 Å². The van der Waals surface area contributed by atoms with Crippen LogP contribution in [-0.4, -0.2) is 51.2 Å². The molecule has 0 aliphatic heterocycles. The van der Waals surface area contributed by atoms with E-state index in [9.17, 15) is 4.79 Å². The Morgan fingerprint density at radius 1 is 0.833 bits per heavy atom. The Labute approximate surface area is 148 Å². The molecule has 24 heavy (non-hydrogen) atoms. The zero-order valence-electron chi connectivity index (χ0n) is 16.2. The minimum absolute atomic E-state index is 0.0248. The molecule has 0 fully saturated rings. The lowest BCUT2D eigenvalue weighted by molar-refractivity contribution is -0.149. The van der Waals surface area contributed by atoms with E-state index in [-0.39, 0.29) is 18.2 Å². The van der Waals surface area contributed by atoms with Gasteiger partial charge in [-0.1, -0.05) is 26.2 Å². The zero-order valence-corrected chi connectivity index (χ0v) is 16.2. The first-order valence-corrected chi connectivity index (χ1v) is 9.52.